The maximum Gasteiger partial charge on any atom is 0.145 e. The van der Waals surface area contributed by atoms with E-state index in [0.29, 0.717) is 11.4 Å². The Morgan fingerprint density at radius 2 is 2.40 bits per heavy atom. The van der Waals surface area contributed by atoms with Gasteiger partial charge in [-0.3, -0.25) is 0 Å². The highest BCUT2D eigenvalue weighted by Gasteiger charge is 2.00. The van der Waals surface area contributed by atoms with E-state index in [2.05, 4.69) is 10.4 Å². The molecule has 1 heterocycles. The molecular weight excluding hydrogens is 133 g/mol. The van der Waals surface area contributed by atoms with Crippen LogP contribution in [0.15, 0.2) is 12.3 Å². The molecule has 0 spiro atoms. The topological polar surface area (TPSA) is 50.9 Å². The maximum atomic E-state index is 12.6. The Hall–Kier alpha value is -1.16. The van der Waals surface area contributed by atoms with Crippen molar-refractivity contribution < 1.29 is 4.39 Å². The second-order valence-corrected chi connectivity index (χ2v) is 1.91. The van der Waals surface area contributed by atoms with Crippen LogP contribution in [0.4, 0.5) is 10.2 Å². The van der Waals surface area contributed by atoms with Gasteiger partial charge in [0.05, 0.1) is 0 Å². The van der Waals surface area contributed by atoms with Crippen molar-refractivity contribution in [1.29, 1.82) is 0 Å². The first kappa shape index (κ1) is 6.95. The fourth-order valence-corrected chi connectivity index (χ4v) is 0.658. The highest BCUT2D eigenvalue weighted by atomic mass is 19.1. The van der Waals surface area contributed by atoms with Gasteiger partial charge in [-0.2, -0.15) is 0 Å². The van der Waals surface area contributed by atoms with Crippen molar-refractivity contribution in [3.63, 3.8) is 0 Å². The molecule has 1 aromatic heterocycles. The summed E-state index contributed by atoms with van der Waals surface area (Å²) in [5.41, 5.74) is 2.72. The first-order chi connectivity index (χ1) is 4.75. The van der Waals surface area contributed by atoms with E-state index in [0.717, 1.165) is 0 Å². The lowest BCUT2D eigenvalue weighted by atomic mass is 10.3. The van der Waals surface area contributed by atoms with Crippen LogP contribution in [-0.4, -0.2) is 4.98 Å². The predicted molar refractivity (Wildman–Crippen MR) is 36.7 cm³/mol. The zero-order chi connectivity index (χ0) is 7.56. The van der Waals surface area contributed by atoms with Gasteiger partial charge in [0, 0.05) is 11.8 Å². The molecule has 54 valence electrons. The molecule has 0 aliphatic rings. The molecule has 0 aliphatic heterocycles. The van der Waals surface area contributed by atoms with E-state index >= 15 is 0 Å². The van der Waals surface area contributed by atoms with Crippen LogP contribution in [0.1, 0.15) is 5.56 Å². The predicted octanol–water partition coefficient (Wildman–Crippen LogP) is 0.815. The van der Waals surface area contributed by atoms with Crippen LogP contribution >= 0.6 is 0 Å². The molecule has 1 aromatic rings. The fraction of sp³-hybridized carbons (Fsp3) is 0.167. The van der Waals surface area contributed by atoms with E-state index < -0.39 is 0 Å². The van der Waals surface area contributed by atoms with E-state index in [1.807, 2.05) is 0 Å². The molecule has 0 bridgehead atoms. The van der Waals surface area contributed by atoms with Crippen molar-refractivity contribution in [3.05, 3.63) is 23.6 Å². The van der Waals surface area contributed by atoms with Crippen molar-refractivity contribution in [3.8, 4) is 0 Å². The van der Waals surface area contributed by atoms with Crippen LogP contribution in [0.3, 0.4) is 0 Å². The highest BCUT2D eigenvalue weighted by molar-refractivity contribution is 5.41. The third-order valence-corrected chi connectivity index (χ3v) is 1.27. The second kappa shape index (κ2) is 2.62. The van der Waals surface area contributed by atoms with E-state index in [-0.39, 0.29) is 5.82 Å². The van der Waals surface area contributed by atoms with Crippen LogP contribution in [0.2, 0.25) is 0 Å². The number of nitrogens with two attached hydrogens (primary N) is 1. The molecule has 1 rings (SSSR count). The lowest BCUT2D eigenvalue weighted by Gasteiger charge is -2.01. The number of rotatable bonds is 1. The van der Waals surface area contributed by atoms with Crippen LogP contribution in [-0.2, 0) is 0 Å². The maximum absolute atomic E-state index is 12.6. The molecular formula is C6H8FN3. The van der Waals surface area contributed by atoms with Crippen LogP contribution in [0, 0.1) is 12.7 Å². The molecule has 0 amide bonds. The van der Waals surface area contributed by atoms with Gasteiger partial charge >= 0.3 is 0 Å². The summed E-state index contributed by atoms with van der Waals surface area (Å²) in [5, 5.41) is 0. The molecule has 0 saturated carbocycles. The van der Waals surface area contributed by atoms with E-state index in [1.165, 1.54) is 12.3 Å². The molecule has 4 heteroatoms. The summed E-state index contributed by atoms with van der Waals surface area (Å²) in [4.78, 5) is 3.78. The van der Waals surface area contributed by atoms with Gasteiger partial charge in [0.25, 0.3) is 0 Å². The Bertz CT molecular complexity index is 236. The first-order valence-electron chi connectivity index (χ1n) is 2.83. The zero-order valence-electron chi connectivity index (χ0n) is 5.56. The number of nitrogen functional groups attached to an aromatic ring is 1. The Labute approximate surface area is 58.0 Å². The average molecular weight is 141 g/mol. The SMILES string of the molecule is Cc1c(F)ccnc1NN. The van der Waals surface area contributed by atoms with Gasteiger partial charge in [-0.05, 0) is 13.0 Å². The number of anilines is 1. The number of aromatic nitrogens is 1. The van der Waals surface area contributed by atoms with Crippen molar-refractivity contribution in [1.82, 2.24) is 4.98 Å². The van der Waals surface area contributed by atoms with Gasteiger partial charge in [0.1, 0.15) is 11.6 Å². The number of hydrogen-bond acceptors (Lipinski definition) is 3. The summed E-state index contributed by atoms with van der Waals surface area (Å²) in [6, 6.07) is 1.29. The third kappa shape index (κ3) is 1.06. The van der Waals surface area contributed by atoms with E-state index in [4.69, 9.17) is 5.84 Å². The molecule has 0 atom stereocenters. The standard InChI is InChI=1S/C6H8FN3/c1-4-5(7)2-3-9-6(4)10-8/h2-3H,8H2,1H3,(H,9,10). The molecule has 0 unspecified atom stereocenters. The normalized spacial score (nSPS) is 9.50. The molecule has 0 saturated heterocycles. The van der Waals surface area contributed by atoms with Gasteiger partial charge in [-0.1, -0.05) is 0 Å². The summed E-state index contributed by atoms with van der Waals surface area (Å²) in [7, 11) is 0. The molecule has 0 radical (unpaired) electrons. The van der Waals surface area contributed by atoms with Crippen molar-refractivity contribution in [2.45, 2.75) is 6.92 Å². The van der Waals surface area contributed by atoms with Crippen molar-refractivity contribution >= 4 is 5.82 Å². The number of nitrogens with zero attached hydrogens (tertiary/aromatic N) is 1. The van der Waals surface area contributed by atoms with Crippen LogP contribution in [0.5, 0.6) is 0 Å². The van der Waals surface area contributed by atoms with E-state index in [9.17, 15) is 4.39 Å². The molecule has 3 N–H and O–H groups in total. The van der Waals surface area contributed by atoms with Crippen LogP contribution in [0.25, 0.3) is 0 Å². The second-order valence-electron chi connectivity index (χ2n) is 1.91. The minimum Gasteiger partial charge on any atom is -0.308 e. The van der Waals surface area contributed by atoms with Crippen LogP contribution < -0.4 is 11.3 Å². The molecule has 0 aromatic carbocycles. The zero-order valence-corrected chi connectivity index (χ0v) is 5.56. The average Bonchev–Trinajstić information content (AvgIpc) is 1.95. The first-order valence-corrected chi connectivity index (χ1v) is 2.83. The van der Waals surface area contributed by atoms with Gasteiger partial charge in [-0.15, -0.1) is 0 Å². The Kier molecular flexibility index (Phi) is 1.82. The molecule has 3 nitrogen and oxygen atoms in total. The monoisotopic (exact) mass is 141 g/mol. The quantitative estimate of drug-likeness (QED) is 0.449. The fourth-order valence-electron chi connectivity index (χ4n) is 0.658. The summed E-state index contributed by atoms with van der Waals surface area (Å²) in [6.07, 6.45) is 1.36. The minimum absolute atomic E-state index is 0.303. The Morgan fingerprint density at radius 3 is 2.90 bits per heavy atom. The number of hydrazine groups is 1. The van der Waals surface area contributed by atoms with Crippen molar-refractivity contribution in [2.75, 3.05) is 5.43 Å². The largest absolute Gasteiger partial charge is 0.308 e. The van der Waals surface area contributed by atoms with E-state index in [1.54, 1.807) is 6.92 Å². The van der Waals surface area contributed by atoms with Gasteiger partial charge in [0.15, 0.2) is 0 Å². The van der Waals surface area contributed by atoms with Gasteiger partial charge < -0.3 is 5.43 Å². The summed E-state index contributed by atoms with van der Waals surface area (Å²) >= 11 is 0. The highest BCUT2D eigenvalue weighted by Crippen LogP contribution is 2.11. The third-order valence-electron chi connectivity index (χ3n) is 1.27. The van der Waals surface area contributed by atoms with Crippen molar-refractivity contribution in [2.24, 2.45) is 5.84 Å². The molecule has 0 fully saturated rings. The van der Waals surface area contributed by atoms with Gasteiger partial charge in [0.2, 0.25) is 0 Å². The Morgan fingerprint density at radius 1 is 1.70 bits per heavy atom. The molecule has 10 heavy (non-hydrogen) atoms. The lowest BCUT2D eigenvalue weighted by Crippen LogP contribution is -2.10. The number of halogens is 1. The van der Waals surface area contributed by atoms with Gasteiger partial charge in [-0.25, -0.2) is 15.2 Å². The minimum atomic E-state index is -0.303. The summed E-state index contributed by atoms with van der Waals surface area (Å²) < 4.78 is 12.6. The number of pyridine rings is 1. The smallest absolute Gasteiger partial charge is 0.145 e. The number of nitrogens with one attached hydrogen (secondary N) is 1. The summed E-state index contributed by atoms with van der Waals surface area (Å²) in [6.45, 7) is 1.61. The summed E-state index contributed by atoms with van der Waals surface area (Å²) in [5.74, 6) is 5.11. The lowest BCUT2D eigenvalue weighted by molar-refractivity contribution is 0.616. The number of hydrogen-bond donors (Lipinski definition) is 2. The Balaban J connectivity index is 3.14. The molecule has 0 aliphatic carbocycles.